The molecule has 3 N–H and O–H groups in total. The van der Waals surface area contributed by atoms with E-state index in [2.05, 4.69) is 49.8 Å². The first-order valence-electron chi connectivity index (χ1n) is 13.7. The topological polar surface area (TPSA) is 123 Å². The maximum Gasteiger partial charge on any atom is 0.330 e. The highest BCUT2D eigenvalue weighted by Crippen LogP contribution is 2.37. The minimum Gasteiger partial charge on any atom is -0.543 e. The average Bonchev–Trinajstić information content (AvgIpc) is 3.47. The molecule has 1 atom stereocenters. The molecule has 12 heteroatoms. The van der Waals surface area contributed by atoms with Crippen molar-refractivity contribution in [1.29, 1.82) is 0 Å². The van der Waals surface area contributed by atoms with Crippen LogP contribution in [-0.2, 0) is 16.1 Å². The number of methoxy groups -OCH3 is 1. The Morgan fingerprint density at radius 1 is 0.977 bits per heavy atom. The van der Waals surface area contributed by atoms with Crippen LogP contribution in [0.3, 0.4) is 0 Å². The molecule has 1 heterocycles. The van der Waals surface area contributed by atoms with Gasteiger partial charge >= 0.3 is 5.97 Å². The van der Waals surface area contributed by atoms with Gasteiger partial charge in [-0.3, -0.25) is 14.4 Å². The van der Waals surface area contributed by atoms with Crippen LogP contribution in [0.25, 0.3) is 0 Å². The van der Waals surface area contributed by atoms with Gasteiger partial charge < -0.3 is 25.1 Å². The first kappa shape index (κ1) is 33.8. The fourth-order valence-electron chi connectivity index (χ4n) is 3.87. The van der Waals surface area contributed by atoms with Crippen molar-refractivity contribution in [1.82, 2.24) is 16.0 Å². The summed E-state index contributed by atoms with van der Waals surface area (Å²) in [6.07, 6.45) is 0. The molecule has 2 aromatic carbocycles. The van der Waals surface area contributed by atoms with E-state index < -0.39 is 26.2 Å². The van der Waals surface area contributed by atoms with Gasteiger partial charge in [-0.25, -0.2) is 4.79 Å². The number of rotatable bonds is 11. The number of hydrogen-bond donors (Lipinski definition) is 3. The van der Waals surface area contributed by atoms with E-state index in [-0.39, 0.29) is 46.1 Å². The predicted octanol–water partition coefficient (Wildman–Crippen LogP) is 5.73. The molecule has 0 aliphatic rings. The van der Waals surface area contributed by atoms with Crippen LogP contribution in [0.2, 0.25) is 23.2 Å². The summed E-state index contributed by atoms with van der Waals surface area (Å²) in [4.78, 5) is 51.3. The summed E-state index contributed by atoms with van der Waals surface area (Å²) < 4.78 is 11.2. The summed E-state index contributed by atoms with van der Waals surface area (Å²) in [6, 6.07) is 12.8. The maximum atomic E-state index is 13.2. The molecular weight excluding hydrogens is 606 g/mol. The lowest BCUT2D eigenvalue weighted by Crippen LogP contribution is -2.49. The van der Waals surface area contributed by atoms with E-state index in [0.29, 0.717) is 10.4 Å². The highest BCUT2D eigenvalue weighted by atomic mass is 35.5. The standard InChI is InChI=1S/C31H38ClN3O6SSi/c1-19-14-21(27(36)33-17-20-10-8-11-22(15-20)41-43(6,7)31(2,3)4)16-23(32)26(19)29(38)35-24(30(39)40-5)18-34-28(37)25-12-9-13-42-25/h8-16,24H,17-18H2,1-7H3,(H,33,36)(H,34,37)(H,35,38)/t24-/m0/s1. The van der Waals surface area contributed by atoms with Crippen molar-refractivity contribution < 1.29 is 28.3 Å². The van der Waals surface area contributed by atoms with E-state index in [9.17, 15) is 19.2 Å². The second-order valence-corrected chi connectivity index (χ2v) is 17.7. The molecule has 230 valence electrons. The number of hydrogen-bond acceptors (Lipinski definition) is 7. The Hall–Kier alpha value is -3.67. The Kier molecular flexibility index (Phi) is 11.2. The quantitative estimate of drug-likeness (QED) is 0.181. The maximum absolute atomic E-state index is 13.2. The molecule has 0 aliphatic heterocycles. The summed E-state index contributed by atoms with van der Waals surface area (Å²) in [6.45, 7) is 12.6. The lowest BCUT2D eigenvalue weighted by atomic mass is 10.0. The van der Waals surface area contributed by atoms with Gasteiger partial charge in [0.2, 0.25) is 8.32 Å². The Labute approximate surface area is 262 Å². The van der Waals surface area contributed by atoms with Crippen molar-refractivity contribution in [3.05, 3.63) is 86.1 Å². The third kappa shape index (κ3) is 8.91. The second kappa shape index (κ2) is 14.2. The summed E-state index contributed by atoms with van der Waals surface area (Å²) in [5.74, 6) is -1.35. The number of benzene rings is 2. The predicted molar refractivity (Wildman–Crippen MR) is 172 cm³/mol. The van der Waals surface area contributed by atoms with E-state index in [4.69, 9.17) is 20.8 Å². The van der Waals surface area contributed by atoms with E-state index in [1.54, 1.807) is 30.5 Å². The van der Waals surface area contributed by atoms with Gasteiger partial charge in [-0.1, -0.05) is 50.6 Å². The molecular formula is C31H38ClN3O6SSi. The van der Waals surface area contributed by atoms with Gasteiger partial charge in [0.1, 0.15) is 11.8 Å². The van der Waals surface area contributed by atoms with Gasteiger partial charge in [0.15, 0.2) is 0 Å². The lowest BCUT2D eigenvalue weighted by Gasteiger charge is -2.36. The minimum atomic E-state index is -2.01. The number of thiophene rings is 1. The highest BCUT2D eigenvalue weighted by molar-refractivity contribution is 7.12. The summed E-state index contributed by atoms with van der Waals surface area (Å²) in [7, 11) is -0.826. The zero-order valence-electron chi connectivity index (χ0n) is 25.4. The molecule has 0 spiro atoms. The van der Waals surface area contributed by atoms with E-state index in [0.717, 1.165) is 11.3 Å². The molecule has 0 saturated carbocycles. The molecule has 0 radical (unpaired) electrons. The largest absolute Gasteiger partial charge is 0.543 e. The molecule has 0 bridgehead atoms. The Morgan fingerprint density at radius 2 is 1.70 bits per heavy atom. The van der Waals surface area contributed by atoms with Gasteiger partial charge in [0, 0.05) is 18.7 Å². The number of nitrogens with one attached hydrogen (secondary N) is 3. The van der Waals surface area contributed by atoms with Gasteiger partial charge in [0.05, 0.1) is 22.6 Å². The summed E-state index contributed by atoms with van der Waals surface area (Å²) in [5, 5.41) is 9.94. The normalized spacial score (nSPS) is 12.2. The number of amides is 3. The smallest absolute Gasteiger partial charge is 0.330 e. The Balaban J connectivity index is 1.67. The van der Waals surface area contributed by atoms with Crippen molar-refractivity contribution in [2.45, 2.75) is 58.4 Å². The second-order valence-electron chi connectivity index (χ2n) is 11.6. The van der Waals surface area contributed by atoms with Crippen molar-refractivity contribution in [3.8, 4) is 5.75 Å². The van der Waals surface area contributed by atoms with E-state index in [1.807, 2.05) is 24.3 Å². The number of halogens is 1. The first-order chi connectivity index (χ1) is 20.1. The molecule has 9 nitrogen and oxygen atoms in total. The van der Waals surface area contributed by atoms with E-state index in [1.165, 1.54) is 24.5 Å². The van der Waals surface area contributed by atoms with Crippen molar-refractivity contribution >= 4 is 54.9 Å². The van der Waals surface area contributed by atoms with Gasteiger partial charge in [0.25, 0.3) is 17.7 Å². The molecule has 0 fully saturated rings. The number of carbonyl (C=O) groups excluding carboxylic acids is 4. The van der Waals surface area contributed by atoms with Crippen LogP contribution in [0.1, 0.15) is 62.3 Å². The minimum absolute atomic E-state index is 0.0404. The van der Waals surface area contributed by atoms with Crippen LogP contribution in [0.15, 0.2) is 53.9 Å². The zero-order chi connectivity index (χ0) is 31.9. The van der Waals surface area contributed by atoms with Gasteiger partial charge in [-0.05, 0) is 71.9 Å². The summed E-state index contributed by atoms with van der Waals surface area (Å²) in [5.41, 5.74) is 1.70. The summed E-state index contributed by atoms with van der Waals surface area (Å²) >= 11 is 7.71. The third-order valence-electron chi connectivity index (χ3n) is 7.31. The fraction of sp³-hybridized carbons (Fsp3) is 0.355. The van der Waals surface area contributed by atoms with Crippen LogP contribution in [0, 0.1) is 6.92 Å². The fourth-order valence-corrected chi connectivity index (χ4v) is 5.88. The van der Waals surface area contributed by atoms with Crippen LogP contribution in [0.4, 0.5) is 0 Å². The zero-order valence-corrected chi connectivity index (χ0v) is 28.0. The Morgan fingerprint density at radius 3 is 2.30 bits per heavy atom. The van der Waals surface area contributed by atoms with Crippen LogP contribution >= 0.6 is 22.9 Å². The number of esters is 1. The SMILES string of the molecule is COC(=O)[C@H](CNC(=O)c1cccs1)NC(=O)c1c(C)cc(C(=O)NCc2cccc(O[Si](C)(C)C(C)(C)C)c2)cc1Cl. The van der Waals surface area contributed by atoms with E-state index >= 15 is 0 Å². The van der Waals surface area contributed by atoms with Crippen molar-refractivity contribution in [3.63, 3.8) is 0 Å². The van der Waals surface area contributed by atoms with Crippen LogP contribution in [-0.4, -0.2) is 51.7 Å². The molecule has 1 aromatic heterocycles. The molecule has 0 aliphatic carbocycles. The number of aryl methyl sites for hydroxylation is 1. The molecule has 0 unspecified atom stereocenters. The highest BCUT2D eigenvalue weighted by Gasteiger charge is 2.39. The van der Waals surface area contributed by atoms with Crippen molar-refractivity contribution in [2.75, 3.05) is 13.7 Å². The molecule has 0 saturated heterocycles. The van der Waals surface area contributed by atoms with Crippen LogP contribution < -0.4 is 20.4 Å². The van der Waals surface area contributed by atoms with Gasteiger partial charge in [-0.2, -0.15) is 0 Å². The number of ether oxygens (including phenoxy) is 1. The molecule has 43 heavy (non-hydrogen) atoms. The third-order valence-corrected chi connectivity index (χ3v) is 12.8. The molecule has 3 aromatic rings. The number of carbonyl (C=O) groups is 4. The van der Waals surface area contributed by atoms with Gasteiger partial charge in [-0.15, -0.1) is 11.3 Å². The monoisotopic (exact) mass is 643 g/mol. The first-order valence-corrected chi connectivity index (χ1v) is 17.9. The molecule has 3 rings (SSSR count). The lowest BCUT2D eigenvalue weighted by molar-refractivity contribution is -0.142. The van der Waals surface area contributed by atoms with Crippen molar-refractivity contribution in [2.24, 2.45) is 0 Å². The molecule has 3 amide bonds. The average molecular weight is 644 g/mol. The van der Waals surface area contributed by atoms with Crippen LogP contribution in [0.5, 0.6) is 5.75 Å². The Bertz CT molecular complexity index is 1460.